The number of carbonyl (C=O) groups is 1. The number of anilines is 1. The molecule has 9 nitrogen and oxygen atoms in total. The Morgan fingerprint density at radius 3 is 2.93 bits per heavy atom. The van der Waals surface area contributed by atoms with Crippen molar-refractivity contribution in [3.63, 3.8) is 0 Å². The van der Waals surface area contributed by atoms with Crippen LogP contribution in [0.25, 0.3) is 0 Å². The number of non-ortho nitro benzene ring substituents is 1. The quantitative estimate of drug-likeness (QED) is 0.571. The average Bonchev–Trinajstić information content (AvgIpc) is 2.72. The summed E-state index contributed by atoms with van der Waals surface area (Å²) in [6, 6.07) is 9.39. The molecule has 3 rings (SSSR count). The summed E-state index contributed by atoms with van der Waals surface area (Å²) in [6.07, 6.45) is 1.93. The van der Waals surface area contributed by atoms with Crippen LogP contribution in [0.2, 0.25) is 0 Å². The van der Waals surface area contributed by atoms with Crippen LogP contribution in [-0.2, 0) is 11.3 Å². The normalized spacial score (nSPS) is 17.4. The molecule has 9 heteroatoms. The number of benzene rings is 1. The van der Waals surface area contributed by atoms with Crippen molar-refractivity contribution in [2.45, 2.75) is 32.5 Å². The van der Waals surface area contributed by atoms with Gasteiger partial charge >= 0.3 is 6.03 Å². The fourth-order valence-electron chi connectivity index (χ4n) is 3.16. The number of ether oxygens (including phenoxy) is 1. The highest BCUT2D eigenvalue weighted by Gasteiger charge is 2.18. The molecule has 1 aliphatic rings. The van der Waals surface area contributed by atoms with Crippen molar-refractivity contribution in [1.82, 2.24) is 15.6 Å². The Kier molecular flexibility index (Phi) is 6.61. The van der Waals surface area contributed by atoms with E-state index >= 15 is 0 Å². The van der Waals surface area contributed by atoms with Gasteiger partial charge in [0, 0.05) is 38.0 Å². The Labute approximate surface area is 169 Å². The van der Waals surface area contributed by atoms with Gasteiger partial charge in [-0.2, -0.15) is 0 Å². The zero-order valence-electron chi connectivity index (χ0n) is 16.5. The maximum atomic E-state index is 12.2. The highest BCUT2D eigenvalue weighted by Crippen LogP contribution is 2.19. The molecule has 0 spiro atoms. The summed E-state index contributed by atoms with van der Waals surface area (Å²) in [4.78, 5) is 29.3. The van der Waals surface area contributed by atoms with Gasteiger partial charge in [0.05, 0.1) is 23.7 Å². The average molecular weight is 399 g/mol. The van der Waals surface area contributed by atoms with E-state index in [4.69, 9.17) is 4.74 Å². The lowest BCUT2D eigenvalue weighted by atomic mass is 10.1. The van der Waals surface area contributed by atoms with Crippen molar-refractivity contribution in [2.24, 2.45) is 0 Å². The molecule has 0 saturated carbocycles. The van der Waals surface area contributed by atoms with E-state index in [1.54, 1.807) is 25.3 Å². The first-order chi connectivity index (χ1) is 13.9. The molecule has 0 radical (unpaired) electrons. The second kappa shape index (κ2) is 9.33. The molecule has 1 aromatic carbocycles. The molecule has 1 aliphatic heterocycles. The van der Waals surface area contributed by atoms with E-state index in [0.717, 1.165) is 24.5 Å². The summed E-state index contributed by atoms with van der Waals surface area (Å²) < 4.78 is 5.54. The summed E-state index contributed by atoms with van der Waals surface area (Å²) in [5, 5.41) is 16.5. The molecular formula is C20H25N5O4. The second-order valence-corrected chi connectivity index (χ2v) is 7.05. The predicted octanol–water partition coefficient (Wildman–Crippen LogP) is 2.78. The molecule has 2 atom stereocenters. The highest BCUT2D eigenvalue weighted by atomic mass is 16.6. The summed E-state index contributed by atoms with van der Waals surface area (Å²) in [5.41, 5.74) is 1.55. The molecule has 2 unspecified atom stereocenters. The first-order valence-corrected chi connectivity index (χ1v) is 9.52. The van der Waals surface area contributed by atoms with E-state index in [-0.39, 0.29) is 23.9 Å². The van der Waals surface area contributed by atoms with Gasteiger partial charge in [-0.3, -0.25) is 10.1 Å². The number of nitro groups is 1. The Hall–Kier alpha value is -3.20. The lowest BCUT2D eigenvalue weighted by Crippen LogP contribution is -2.41. The molecule has 29 heavy (non-hydrogen) atoms. The summed E-state index contributed by atoms with van der Waals surface area (Å²) >= 11 is 0. The largest absolute Gasteiger partial charge is 0.375 e. The Bertz CT molecular complexity index is 858. The third-order valence-corrected chi connectivity index (χ3v) is 4.76. The zero-order chi connectivity index (χ0) is 20.8. The van der Waals surface area contributed by atoms with Gasteiger partial charge in [0.2, 0.25) is 0 Å². The SMILES string of the molecule is CC1CN(c2ccc(CNC(=O)NC(C)c3cccc([N+](=O)[O-])c3)cn2)CCO1. The number of carbonyl (C=O) groups excluding carboxylic acids is 1. The van der Waals surface area contributed by atoms with Gasteiger partial charge in [0.25, 0.3) is 5.69 Å². The van der Waals surface area contributed by atoms with Crippen LogP contribution in [0, 0.1) is 10.1 Å². The second-order valence-electron chi connectivity index (χ2n) is 7.05. The molecule has 2 aromatic rings. The van der Waals surface area contributed by atoms with Gasteiger partial charge in [0.1, 0.15) is 5.82 Å². The summed E-state index contributed by atoms with van der Waals surface area (Å²) in [6.45, 7) is 6.46. The number of pyridine rings is 1. The maximum absolute atomic E-state index is 12.2. The minimum absolute atomic E-state index is 0.00242. The van der Waals surface area contributed by atoms with Gasteiger partial charge in [0.15, 0.2) is 0 Å². The fourth-order valence-corrected chi connectivity index (χ4v) is 3.16. The molecule has 0 aliphatic carbocycles. The first kappa shape index (κ1) is 20.5. The number of nitrogens with one attached hydrogen (secondary N) is 2. The number of hydrogen-bond donors (Lipinski definition) is 2. The number of amides is 2. The van der Waals surface area contributed by atoms with Crippen molar-refractivity contribution in [2.75, 3.05) is 24.6 Å². The van der Waals surface area contributed by atoms with Crippen molar-refractivity contribution in [1.29, 1.82) is 0 Å². The Morgan fingerprint density at radius 1 is 1.41 bits per heavy atom. The molecule has 1 fully saturated rings. The van der Waals surface area contributed by atoms with E-state index < -0.39 is 4.92 Å². The topological polar surface area (TPSA) is 110 Å². The zero-order valence-corrected chi connectivity index (χ0v) is 16.5. The number of rotatable bonds is 6. The van der Waals surface area contributed by atoms with E-state index in [1.807, 2.05) is 19.1 Å². The van der Waals surface area contributed by atoms with Crippen LogP contribution < -0.4 is 15.5 Å². The minimum Gasteiger partial charge on any atom is -0.375 e. The number of nitrogens with zero attached hydrogens (tertiary/aromatic N) is 3. The van der Waals surface area contributed by atoms with Crippen molar-refractivity contribution < 1.29 is 14.5 Å². The number of urea groups is 1. The third-order valence-electron chi connectivity index (χ3n) is 4.76. The lowest BCUT2D eigenvalue weighted by Gasteiger charge is -2.32. The predicted molar refractivity (Wildman–Crippen MR) is 109 cm³/mol. The van der Waals surface area contributed by atoms with E-state index in [9.17, 15) is 14.9 Å². The lowest BCUT2D eigenvalue weighted by molar-refractivity contribution is -0.384. The number of morpholine rings is 1. The number of hydrogen-bond acceptors (Lipinski definition) is 6. The maximum Gasteiger partial charge on any atom is 0.315 e. The summed E-state index contributed by atoms with van der Waals surface area (Å²) in [5.74, 6) is 0.896. The van der Waals surface area contributed by atoms with Crippen molar-refractivity contribution >= 4 is 17.5 Å². The molecule has 2 amide bonds. The molecular weight excluding hydrogens is 374 g/mol. The monoisotopic (exact) mass is 399 g/mol. The molecule has 2 N–H and O–H groups in total. The van der Waals surface area contributed by atoms with Gasteiger partial charge in [-0.1, -0.05) is 18.2 Å². The van der Waals surface area contributed by atoms with Crippen LogP contribution in [0.1, 0.15) is 31.0 Å². The van der Waals surface area contributed by atoms with Crippen LogP contribution >= 0.6 is 0 Å². The number of nitro benzene ring substituents is 1. The smallest absolute Gasteiger partial charge is 0.315 e. The van der Waals surface area contributed by atoms with Crippen molar-refractivity contribution in [3.8, 4) is 0 Å². The Morgan fingerprint density at radius 2 is 2.24 bits per heavy atom. The molecule has 154 valence electrons. The highest BCUT2D eigenvalue weighted by molar-refractivity contribution is 5.74. The summed E-state index contributed by atoms with van der Waals surface area (Å²) in [7, 11) is 0. The van der Waals surface area contributed by atoms with Gasteiger partial charge in [-0.15, -0.1) is 0 Å². The molecule has 1 saturated heterocycles. The minimum atomic E-state index is -0.454. The molecule has 2 heterocycles. The van der Waals surface area contributed by atoms with E-state index in [2.05, 4.69) is 20.5 Å². The van der Waals surface area contributed by atoms with Crippen LogP contribution in [0.3, 0.4) is 0 Å². The van der Waals surface area contributed by atoms with Crippen LogP contribution in [0.5, 0.6) is 0 Å². The van der Waals surface area contributed by atoms with Gasteiger partial charge in [-0.25, -0.2) is 9.78 Å². The molecule has 0 bridgehead atoms. The third kappa shape index (κ3) is 5.64. The molecule has 1 aromatic heterocycles. The Balaban J connectivity index is 1.50. The van der Waals surface area contributed by atoms with Crippen LogP contribution in [-0.4, -0.2) is 41.7 Å². The van der Waals surface area contributed by atoms with Gasteiger partial charge in [-0.05, 0) is 31.0 Å². The standard InChI is InChI=1S/C20H25N5O4/c1-14-13-24(8-9-29-14)19-7-6-16(11-21-19)12-22-20(26)23-15(2)17-4-3-5-18(10-17)25(27)28/h3-7,10-11,14-15H,8-9,12-13H2,1-2H3,(H2,22,23,26). The van der Waals surface area contributed by atoms with Crippen molar-refractivity contribution in [3.05, 3.63) is 63.8 Å². The van der Waals surface area contributed by atoms with Crippen LogP contribution in [0.15, 0.2) is 42.6 Å². The van der Waals surface area contributed by atoms with E-state index in [0.29, 0.717) is 18.7 Å². The van der Waals surface area contributed by atoms with Crippen LogP contribution in [0.4, 0.5) is 16.3 Å². The van der Waals surface area contributed by atoms with Gasteiger partial charge < -0.3 is 20.3 Å². The van der Waals surface area contributed by atoms with E-state index in [1.165, 1.54) is 12.1 Å². The first-order valence-electron chi connectivity index (χ1n) is 9.52. The fraction of sp³-hybridized carbons (Fsp3) is 0.400. The number of aromatic nitrogens is 1.